The Kier molecular flexibility index (Phi) is 2.07. The maximum absolute atomic E-state index is 5.95. The standard InChI is InChI=1S/C10H8ClNO/c1-13-10-7-3-2-6-12-9(7)5-4-8(10)11/h2-6H,1H3. The molecular weight excluding hydrogens is 186 g/mol. The number of hydrogen-bond acceptors (Lipinski definition) is 2. The zero-order valence-corrected chi connectivity index (χ0v) is 7.88. The summed E-state index contributed by atoms with van der Waals surface area (Å²) < 4.78 is 5.19. The van der Waals surface area contributed by atoms with Gasteiger partial charge in [0.1, 0.15) is 5.75 Å². The van der Waals surface area contributed by atoms with Gasteiger partial charge < -0.3 is 4.74 Å². The molecule has 2 rings (SSSR count). The topological polar surface area (TPSA) is 22.1 Å². The second-order valence-corrected chi connectivity index (χ2v) is 3.06. The minimum absolute atomic E-state index is 0.614. The Balaban J connectivity index is 2.84. The molecule has 0 saturated carbocycles. The van der Waals surface area contributed by atoms with E-state index in [0.717, 1.165) is 10.9 Å². The molecule has 0 spiro atoms. The second-order valence-electron chi connectivity index (χ2n) is 2.65. The van der Waals surface area contributed by atoms with E-state index in [4.69, 9.17) is 16.3 Å². The Morgan fingerprint density at radius 1 is 1.31 bits per heavy atom. The molecule has 0 aliphatic rings. The van der Waals surface area contributed by atoms with Gasteiger partial charge in [-0.25, -0.2) is 0 Å². The number of methoxy groups -OCH3 is 1. The van der Waals surface area contributed by atoms with E-state index in [1.807, 2.05) is 18.2 Å². The molecule has 66 valence electrons. The van der Waals surface area contributed by atoms with Gasteiger partial charge >= 0.3 is 0 Å². The first kappa shape index (κ1) is 8.32. The van der Waals surface area contributed by atoms with Crippen LogP contribution < -0.4 is 4.74 Å². The molecule has 0 N–H and O–H groups in total. The predicted molar refractivity (Wildman–Crippen MR) is 53.3 cm³/mol. The Labute approximate surface area is 81.1 Å². The van der Waals surface area contributed by atoms with E-state index in [0.29, 0.717) is 10.8 Å². The number of nitrogens with zero attached hydrogens (tertiary/aromatic N) is 1. The predicted octanol–water partition coefficient (Wildman–Crippen LogP) is 2.90. The monoisotopic (exact) mass is 193 g/mol. The highest BCUT2D eigenvalue weighted by molar-refractivity contribution is 6.33. The van der Waals surface area contributed by atoms with E-state index in [9.17, 15) is 0 Å². The third-order valence-electron chi connectivity index (χ3n) is 1.89. The average molecular weight is 194 g/mol. The number of ether oxygens (including phenoxy) is 1. The molecule has 3 heteroatoms. The van der Waals surface area contributed by atoms with Crippen LogP contribution in [-0.2, 0) is 0 Å². The first-order chi connectivity index (χ1) is 6.33. The van der Waals surface area contributed by atoms with Crippen LogP contribution in [0.2, 0.25) is 5.02 Å². The highest BCUT2D eigenvalue weighted by Crippen LogP contribution is 2.31. The van der Waals surface area contributed by atoms with E-state index in [-0.39, 0.29) is 0 Å². The molecule has 0 atom stereocenters. The van der Waals surface area contributed by atoms with Crippen LogP contribution in [-0.4, -0.2) is 12.1 Å². The van der Waals surface area contributed by atoms with Crippen molar-refractivity contribution >= 4 is 22.5 Å². The number of hydrogen-bond donors (Lipinski definition) is 0. The number of rotatable bonds is 1. The molecule has 0 aliphatic carbocycles. The molecule has 1 aromatic heterocycles. The van der Waals surface area contributed by atoms with E-state index in [1.165, 1.54) is 0 Å². The fraction of sp³-hybridized carbons (Fsp3) is 0.100. The van der Waals surface area contributed by atoms with Crippen LogP contribution in [0.4, 0.5) is 0 Å². The van der Waals surface area contributed by atoms with E-state index in [1.54, 1.807) is 19.4 Å². The third-order valence-corrected chi connectivity index (χ3v) is 2.19. The molecule has 0 saturated heterocycles. The highest BCUT2D eigenvalue weighted by atomic mass is 35.5. The van der Waals surface area contributed by atoms with Crippen LogP contribution in [0.25, 0.3) is 10.9 Å². The Hall–Kier alpha value is -1.28. The van der Waals surface area contributed by atoms with Crippen LogP contribution in [0.15, 0.2) is 30.5 Å². The van der Waals surface area contributed by atoms with Gasteiger partial charge in [-0.05, 0) is 24.3 Å². The maximum Gasteiger partial charge on any atom is 0.146 e. The van der Waals surface area contributed by atoms with E-state index in [2.05, 4.69) is 4.98 Å². The fourth-order valence-electron chi connectivity index (χ4n) is 1.31. The third kappa shape index (κ3) is 1.33. The minimum Gasteiger partial charge on any atom is -0.494 e. The molecule has 1 aromatic carbocycles. The van der Waals surface area contributed by atoms with Gasteiger partial charge in [0, 0.05) is 11.6 Å². The lowest BCUT2D eigenvalue weighted by atomic mass is 10.2. The van der Waals surface area contributed by atoms with E-state index < -0.39 is 0 Å². The lowest BCUT2D eigenvalue weighted by Crippen LogP contribution is -1.87. The van der Waals surface area contributed by atoms with Gasteiger partial charge in [0.05, 0.1) is 17.6 Å². The summed E-state index contributed by atoms with van der Waals surface area (Å²) in [6.45, 7) is 0. The number of pyridine rings is 1. The SMILES string of the molecule is COc1c(Cl)ccc2ncccc12. The second kappa shape index (κ2) is 3.23. The molecule has 2 nitrogen and oxygen atoms in total. The quantitative estimate of drug-likeness (QED) is 0.695. The molecule has 2 aromatic rings. The summed E-state index contributed by atoms with van der Waals surface area (Å²) in [6, 6.07) is 7.46. The molecule has 0 aliphatic heterocycles. The zero-order chi connectivity index (χ0) is 9.26. The summed E-state index contributed by atoms with van der Waals surface area (Å²) in [6.07, 6.45) is 1.75. The van der Waals surface area contributed by atoms with Gasteiger partial charge in [-0.15, -0.1) is 0 Å². The molecule has 0 fully saturated rings. The molecular formula is C10H8ClNO. The van der Waals surface area contributed by atoms with Gasteiger partial charge in [0.15, 0.2) is 0 Å². The van der Waals surface area contributed by atoms with Gasteiger partial charge in [-0.3, -0.25) is 4.98 Å². The molecule has 0 bridgehead atoms. The summed E-state index contributed by atoms with van der Waals surface area (Å²) >= 11 is 5.95. The Morgan fingerprint density at radius 3 is 2.92 bits per heavy atom. The van der Waals surface area contributed by atoms with Crippen LogP contribution >= 0.6 is 11.6 Å². The highest BCUT2D eigenvalue weighted by Gasteiger charge is 2.05. The van der Waals surface area contributed by atoms with Crippen LogP contribution in [0, 0.1) is 0 Å². The number of fused-ring (bicyclic) bond motifs is 1. The smallest absolute Gasteiger partial charge is 0.146 e. The largest absolute Gasteiger partial charge is 0.494 e. The number of aromatic nitrogens is 1. The van der Waals surface area contributed by atoms with Crippen molar-refractivity contribution in [3.63, 3.8) is 0 Å². The molecule has 0 radical (unpaired) electrons. The van der Waals surface area contributed by atoms with Gasteiger partial charge in [-0.2, -0.15) is 0 Å². The summed E-state index contributed by atoms with van der Waals surface area (Å²) in [4.78, 5) is 4.19. The lowest BCUT2D eigenvalue weighted by molar-refractivity contribution is 0.420. The summed E-state index contributed by atoms with van der Waals surface area (Å²) in [7, 11) is 1.60. The van der Waals surface area contributed by atoms with Crippen LogP contribution in [0.1, 0.15) is 0 Å². The summed E-state index contributed by atoms with van der Waals surface area (Å²) in [5, 5.41) is 1.56. The van der Waals surface area contributed by atoms with Crippen molar-refractivity contribution in [3.8, 4) is 5.75 Å². The minimum atomic E-state index is 0.614. The van der Waals surface area contributed by atoms with Crippen LogP contribution in [0.3, 0.4) is 0 Å². The van der Waals surface area contributed by atoms with Crippen molar-refractivity contribution in [2.45, 2.75) is 0 Å². The molecule has 0 amide bonds. The lowest BCUT2D eigenvalue weighted by Gasteiger charge is -2.05. The molecule has 1 heterocycles. The molecule has 13 heavy (non-hydrogen) atoms. The van der Waals surface area contributed by atoms with Crippen molar-refractivity contribution < 1.29 is 4.74 Å². The number of halogens is 1. The first-order valence-electron chi connectivity index (χ1n) is 3.90. The Bertz CT molecular complexity index is 442. The van der Waals surface area contributed by atoms with Crippen LogP contribution in [0.5, 0.6) is 5.75 Å². The van der Waals surface area contributed by atoms with Gasteiger partial charge in [0.25, 0.3) is 0 Å². The van der Waals surface area contributed by atoms with Gasteiger partial charge in [-0.1, -0.05) is 11.6 Å². The van der Waals surface area contributed by atoms with Crippen molar-refractivity contribution in [3.05, 3.63) is 35.5 Å². The Morgan fingerprint density at radius 2 is 2.15 bits per heavy atom. The fourth-order valence-corrected chi connectivity index (χ4v) is 1.55. The first-order valence-corrected chi connectivity index (χ1v) is 4.28. The van der Waals surface area contributed by atoms with Crippen molar-refractivity contribution in [1.82, 2.24) is 4.98 Å². The van der Waals surface area contributed by atoms with Crippen molar-refractivity contribution in [1.29, 1.82) is 0 Å². The normalized spacial score (nSPS) is 10.3. The maximum atomic E-state index is 5.95. The average Bonchev–Trinajstić information content (AvgIpc) is 2.18. The zero-order valence-electron chi connectivity index (χ0n) is 7.12. The summed E-state index contributed by atoms with van der Waals surface area (Å²) in [5.41, 5.74) is 0.892. The van der Waals surface area contributed by atoms with E-state index >= 15 is 0 Å². The number of benzene rings is 1. The van der Waals surface area contributed by atoms with Gasteiger partial charge in [0.2, 0.25) is 0 Å². The van der Waals surface area contributed by atoms with Crippen molar-refractivity contribution in [2.75, 3.05) is 7.11 Å². The summed E-state index contributed by atoms with van der Waals surface area (Å²) in [5.74, 6) is 0.687. The molecule has 0 unspecified atom stereocenters. The van der Waals surface area contributed by atoms with Crippen molar-refractivity contribution in [2.24, 2.45) is 0 Å².